The molecule has 0 radical (unpaired) electrons. The number of benzene rings is 2. The SMILES string of the molecule is C1CCCCC1.c1ccc(CSc2ccccc2)cc1. The maximum atomic E-state index is 2.16. The fourth-order valence-corrected chi connectivity index (χ4v) is 3.19. The molecule has 0 N–H and O–H groups in total. The predicted molar refractivity (Wildman–Crippen MR) is 90.1 cm³/mol. The second kappa shape index (κ2) is 9.66. The monoisotopic (exact) mass is 284 g/mol. The molecule has 1 aliphatic carbocycles. The van der Waals surface area contributed by atoms with Crippen LogP contribution in [0, 0.1) is 0 Å². The van der Waals surface area contributed by atoms with Crippen molar-refractivity contribution in [1.82, 2.24) is 0 Å². The Morgan fingerprint density at radius 1 is 0.600 bits per heavy atom. The van der Waals surface area contributed by atoms with Crippen LogP contribution in [-0.4, -0.2) is 0 Å². The highest BCUT2D eigenvalue weighted by atomic mass is 32.2. The van der Waals surface area contributed by atoms with Gasteiger partial charge in [-0.05, 0) is 17.7 Å². The summed E-state index contributed by atoms with van der Waals surface area (Å²) in [6.45, 7) is 0. The van der Waals surface area contributed by atoms with E-state index in [0.29, 0.717) is 0 Å². The number of hydrogen-bond donors (Lipinski definition) is 0. The second-order valence-corrected chi connectivity index (χ2v) is 6.26. The summed E-state index contributed by atoms with van der Waals surface area (Å²) in [5.74, 6) is 1.05. The molecule has 0 nitrogen and oxygen atoms in total. The minimum atomic E-state index is 1.05. The molecule has 0 atom stereocenters. The largest absolute Gasteiger partial charge is 0.121 e. The van der Waals surface area contributed by atoms with Crippen LogP contribution in [0.3, 0.4) is 0 Å². The molecule has 0 heterocycles. The van der Waals surface area contributed by atoms with Crippen molar-refractivity contribution in [2.45, 2.75) is 49.2 Å². The summed E-state index contributed by atoms with van der Waals surface area (Å²) in [5.41, 5.74) is 1.38. The van der Waals surface area contributed by atoms with Gasteiger partial charge in [-0.2, -0.15) is 0 Å². The first-order valence-electron chi connectivity index (χ1n) is 7.67. The van der Waals surface area contributed by atoms with Crippen molar-refractivity contribution in [3.8, 4) is 0 Å². The van der Waals surface area contributed by atoms with Crippen LogP contribution in [0.2, 0.25) is 0 Å². The summed E-state index contributed by atoms with van der Waals surface area (Å²) in [6, 6.07) is 21.0. The summed E-state index contributed by atoms with van der Waals surface area (Å²) in [4.78, 5) is 1.33. The van der Waals surface area contributed by atoms with E-state index in [-0.39, 0.29) is 0 Å². The molecule has 0 unspecified atom stereocenters. The van der Waals surface area contributed by atoms with Crippen LogP contribution in [0.5, 0.6) is 0 Å². The van der Waals surface area contributed by atoms with Crippen molar-refractivity contribution in [3.05, 3.63) is 66.2 Å². The third kappa shape index (κ3) is 6.29. The normalized spacial score (nSPS) is 14.2. The molecular formula is C19H24S. The predicted octanol–water partition coefficient (Wildman–Crippen LogP) is 6.32. The zero-order valence-electron chi connectivity index (χ0n) is 12.1. The van der Waals surface area contributed by atoms with Crippen LogP contribution in [0.4, 0.5) is 0 Å². The van der Waals surface area contributed by atoms with Crippen molar-refractivity contribution in [3.63, 3.8) is 0 Å². The molecule has 106 valence electrons. The van der Waals surface area contributed by atoms with Crippen molar-refractivity contribution in [1.29, 1.82) is 0 Å². The van der Waals surface area contributed by atoms with E-state index in [1.54, 1.807) is 0 Å². The quantitative estimate of drug-likeness (QED) is 0.594. The molecule has 1 saturated carbocycles. The van der Waals surface area contributed by atoms with Gasteiger partial charge in [0.25, 0.3) is 0 Å². The highest BCUT2D eigenvalue weighted by molar-refractivity contribution is 7.98. The van der Waals surface area contributed by atoms with E-state index in [9.17, 15) is 0 Å². The number of hydrogen-bond acceptors (Lipinski definition) is 1. The topological polar surface area (TPSA) is 0 Å². The van der Waals surface area contributed by atoms with E-state index < -0.39 is 0 Å². The molecule has 0 saturated heterocycles. The van der Waals surface area contributed by atoms with Crippen molar-refractivity contribution >= 4 is 11.8 Å². The molecule has 0 bridgehead atoms. The Balaban J connectivity index is 0.000000205. The van der Waals surface area contributed by atoms with Crippen LogP contribution >= 0.6 is 11.8 Å². The van der Waals surface area contributed by atoms with E-state index in [2.05, 4.69) is 54.6 Å². The average Bonchev–Trinajstić information content (AvgIpc) is 2.57. The van der Waals surface area contributed by atoms with Crippen LogP contribution in [-0.2, 0) is 5.75 Å². The van der Waals surface area contributed by atoms with Crippen LogP contribution in [0.1, 0.15) is 44.1 Å². The first-order valence-corrected chi connectivity index (χ1v) is 8.65. The van der Waals surface area contributed by atoms with Gasteiger partial charge in [-0.3, -0.25) is 0 Å². The highest BCUT2D eigenvalue weighted by Crippen LogP contribution is 2.21. The molecule has 0 aliphatic heterocycles. The fourth-order valence-electron chi connectivity index (χ4n) is 2.32. The summed E-state index contributed by atoms with van der Waals surface area (Å²) >= 11 is 1.87. The van der Waals surface area contributed by atoms with Crippen molar-refractivity contribution in [2.75, 3.05) is 0 Å². The molecule has 0 aromatic heterocycles. The first kappa shape index (κ1) is 15.2. The maximum Gasteiger partial charge on any atom is 0.0231 e. The minimum absolute atomic E-state index is 1.05. The third-order valence-electron chi connectivity index (χ3n) is 3.49. The van der Waals surface area contributed by atoms with Crippen LogP contribution in [0.25, 0.3) is 0 Å². The zero-order chi connectivity index (χ0) is 13.9. The standard InChI is InChI=1S/C13H12S.C6H12/c1-3-7-12(8-4-1)11-14-13-9-5-2-6-10-13;1-2-4-6-5-3-1/h1-10H,11H2;1-6H2. The molecule has 0 spiro atoms. The van der Waals surface area contributed by atoms with Gasteiger partial charge in [0.1, 0.15) is 0 Å². The van der Waals surface area contributed by atoms with Gasteiger partial charge in [-0.15, -0.1) is 11.8 Å². The maximum absolute atomic E-state index is 2.16. The van der Waals surface area contributed by atoms with Gasteiger partial charge in [0.15, 0.2) is 0 Å². The van der Waals surface area contributed by atoms with E-state index in [1.165, 1.54) is 49.0 Å². The molecule has 20 heavy (non-hydrogen) atoms. The van der Waals surface area contributed by atoms with E-state index >= 15 is 0 Å². The Labute approximate surface area is 127 Å². The smallest absolute Gasteiger partial charge is 0.0231 e. The van der Waals surface area contributed by atoms with Gasteiger partial charge in [0, 0.05) is 10.6 Å². The molecule has 3 rings (SSSR count). The summed E-state index contributed by atoms with van der Waals surface area (Å²) < 4.78 is 0. The van der Waals surface area contributed by atoms with Gasteiger partial charge in [0.2, 0.25) is 0 Å². The van der Waals surface area contributed by atoms with Crippen LogP contribution in [0.15, 0.2) is 65.6 Å². The molecule has 1 aliphatic rings. The molecule has 1 fully saturated rings. The van der Waals surface area contributed by atoms with Gasteiger partial charge < -0.3 is 0 Å². The van der Waals surface area contributed by atoms with Crippen molar-refractivity contribution < 1.29 is 0 Å². The van der Waals surface area contributed by atoms with Crippen molar-refractivity contribution in [2.24, 2.45) is 0 Å². The fraction of sp³-hybridized carbons (Fsp3) is 0.368. The van der Waals surface area contributed by atoms with Gasteiger partial charge in [0.05, 0.1) is 0 Å². The lowest BCUT2D eigenvalue weighted by Crippen LogP contribution is -1.85. The lowest BCUT2D eigenvalue weighted by molar-refractivity contribution is 0.504. The second-order valence-electron chi connectivity index (χ2n) is 5.21. The Kier molecular flexibility index (Phi) is 7.33. The van der Waals surface area contributed by atoms with Gasteiger partial charge >= 0.3 is 0 Å². The lowest BCUT2D eigenvalue weighted by atomic mass is 10.0. The number of thioether (sulfide) groups is 1. The Bertz CT molecular complexity index is 395. The van der Waals surface area contributed by atoms with Gasteiger partial charge in [-0.1, -0.05) is 87.1 Å². The molecule has 2 aromatic rings. The molecule has 2 aromatic carbocycles. The third-order valence-corrected chi connectivity index (χ3v) is 4.57. The summed E-state index contributed by atoms with van der Waals surface area (Å²) in [6.07, 6.45) is 9.00. The molecular weight excluding hydrogens is 260 g/mol. The highest BCUT2D eigenvalue weighted by Gasteiger charge is 1.95. The molecule has 1 heteroatoms. The van der Waals surface area contributed by atoms with E-state index in [0.717, 1.165) is 5.75 Å². The minimum Gasteiger partial charge on any atom is -0.121 e. The zero-order valence-corrected chi connectivity index (χ0v) is 12.9. The Morgan fingerprint density at radius 2 is 1.05 bits per heavy atom. The van der Waals surface area contributed by atoms with E-state index in [1.807, 2.05) is 17.8 Å². The van der Waals surface area contributed by atoms with Crippen LogP contribution < -0.4 is 0 Å². The van der Waals surface area contributed by atoms with Gasteiger partial charge in [-0.25, -0.2) is 0 Å². The summed E-state index contributed by atoms with van der Waals surface area (Å²) in [5, 5.41) is 0. The summed E-state index contributed by atoms with van der Waals surface area (Å²) in [7, 11) is 0. The first-order chi connectivity index (χ1) is 9.95. The Morgan fingerprint density at radius 3 is 1.55 bits per heavy atom. The van der Waals surface area contributed by atoms with E-state index in [4.69, 9.17) is 0 Å². The Hall–Kier alpha value is -1.21. The average molecular weight is 284 g/mol. The number of rotatable bonds is 3. The molecule has 0 amide bonds. The lowest BCUT2D eigenvalue weighted by Gasteiger charge is -2.05.